The molecule has 0 aromatic heterocycles. The highest BCUT2D eigenvalue weighted by molar-refractivity contribution is 9.10. The number of carboxylic acids is 1. The van der Waals surface area contributed by atoms with Crippen LogP contribution in [0.2, 0.25) is 0 Å². The lowest BCUT2D eigenvalue weighted by molar-refractivity contribution is 0.0696. The molecule has 0 atom stereocenters. The first-order valence-corrected chi connectivity index (χ1v) is 6.47. The van der Waals surface area contributed by atoms with Crippen LogP contribution in [0.1, 0.15) is 15.9 Å². The van der Waals surface area contributed by atoms with Crippen molar-refractivity contribution in [1.82, 2.24) is 0 Å². The number of rotatable bonds is 4. The molecule has 0 saturated carbocycles. The summed E-state index contributed by atoms with van der Waals surface area (Å²) in [5.41, 5.74) is 0.501. The van der Waals surface area contributed by atoms with E-state index in [1.165, 1.54) is 12.1 Å². The highest BCUT2D eigenvalue weighted by atomic mass is 79.9. The molecule has 6 heteroatoms. The maximum atomic E-state index is 13.6. The molecule has 0 saturated heterocycles. The van der Waals surface area contributed by atoms with Crippen LogP contribution in [0.4, 0.5) is 14.5 Å². The Bertz CT molecular complexity index is 638. The third-order valence-electron chi connectivity index (χ3n) is 2.65. The number of hydrogen-bond donors (Lipinski definition) is 2. The van der Waals surface area contributed by atoms with Gasteiger partial charge in [-0.25, -0.2) is 13.6 Å². The van der Waals surface area contributed by atoms with E-state index in [2.05, 4.69) is 21.2 Å². The van der Waals surface area contributed by atoms with Gasteiger partial charge in [-0.05, 0) is 29.8 Å². The van der Waals surface area contributed by atoms with Crippen molar-refractivity contribution in [2.45, 2.75) is 6.54 Å². The summed E-state index contributed by atoms with van der Waals surface area (Å²) in [6, 6.07) is 8.46. The van der Waals surface area contributed by atoms with E-state index in [0.717, 1.165) is 12.1 Å². The molecule has 0 aliphatic carbocycles. The van der Waals surface area contributed by atoms with Crippen LogP contribution in [-0.4, -0.2) is 11.1 Å². The lowest BCUT2D eigenvalue weighted by Crippen LogP contribution is -2.05. The average molecular weight is 342 g/mol. The predicted molar refractivity (Wildman–Crippen MR) is 74.8 cm³/mol. The molecular formula is C14H10BrF2NO2. The van der Waals surface area contributed by atoms with Gasteiger partial charge >= 0.3 is 5.97 Å². The van der Waals surface area contributed by atoms with E-state index in [-0.39, 0.29) is 17.8 Å². The van der Waals surface area contributed by atoms with Crippen molar-refractivity contribution in [2.24, 2.45) is 0 Å². The zero-order chi connectivity index (χ0) is 14.7. The summed E-state index contributed by atoms with van der Waals surface area (Å²) in [5.74, 6) is -2.48. The second kappa shape index (κ2) is 6.00. The van der Waals surface area contributed by atoms with Crippen LogP contribution in [0.25, 0.3) is 0 Å². The van der Waals surface area contributed by atoms with Crippen LogP contribution in [0, 0.1) is 11.6 Å². The van der Waals surface area contributed by atoms with Gasteiger partial charge in [-0.1, -0.05) is 28.1 Å². The molecule has 20 heavy (non-hydrogen) atoms. The molecule has 0 radical (unpaired) electrons. The van der Waals surface area contributed by atoms with E-state index < -0.39 is 17.6 Å². The molecule has 0 heterocycles. The van der Waals surface area contributed by atoms with Gasteiger partial charge in [0.25, 0.3) is 0 Å². The van der Waals surface area contributed by atoms with Gasteiger partial charge in [-0.2, -0.15) is 0 Å². The van der Waals surface area contributed by atoms with E-state index in [4.69, 9.17) is 5.11 Å². The number of halogens is 3. The third-order valence-corrected chi connectivity index (χ3v) is 3.11. The van der Waals surface area contributed by atoms with Crippen LogP contribution in [-0.2, 0) is 6.54 Å². The van der Waals surface area contributed by atoms with Crippen molar-refractivity contribution in [3.63, 3.8) is 0 Å². The Kier molecular flexibility index (Phi) is 4.34. The summed E-state index contributed by atoms with van der Waals surface area (Å²) in [4.78, 5) is 10.8. The Hall–Kier alpha value is -1.95. The van der Waals surface area contributed by atoms with E-state index in [1.54, 1.807) is 12.1 Å². The van der Waals surface area contributed by atoms with Crippen LogP contribution < -0.4 is 5.32 Å². The SMILES string of the molecule is O=C(O)c1cccc(CNc2c(F)cc(Br)cc2F)c1. The van der Waals surface area contributed by atoms with Gasteiger partial charge in [0, 0.05) is 11.0 Å². The fraction of sp³-hybridized carbons (Fsp3) is 0.0714. The number of carboxylic acid groups (broad SMARTS) is 1. The maximum Gasteiger partial charge on any atom is 0.335 e. The normalized spacial score (nSPS) is 10.3. The van der Waals surface area contributed by atoms with Crippen molar-refractivity contribution in [1.29, 1.82) is 0 Å². The summed E-state index contributed by atoms with van der Waals surface area (Å²) in [5, 5.41) is 11.5. The number of nitrogens with one attached hydrogen (secondary N) is 1. The predicted octanol–water partition coefficient (Wildman–Crippen LogP) is 4.04. The Balaban J connectivity index is 2.17. The number of aromatic carboxylic acids is 1. The monoisotopic (exact) mass is 341 g/mol. The standard InChI is InChI=1S/C14H10BrF2NO2/c15-10-5-11(16)13(12(17)6-10)18-7-8-2-1-3-9(4-8)14(19)20/h1-6,18H,7H2,(H,19,20). The number of anilines is 1. The summed E-state index contributed by atoms with van der Waals surface area (Å²) in [7, 11) is 0. The molecule has 0 amide bonds. The van der Waals surface area contributed by atoms with Crippen molar-refractivity contribution in [3.05, 3.63) is 63.6 Å². The quantitative estimate of drug-likeness (QED) is 0.882. The molecule has 2 N–H and O–H groups in total. The fourth-order valence-electron chi connectivity index (χ4n) is 1.72. The molecule has 0 unspecified atom stereocenters. The largest absolute Gasteiger partial charge is 0.478 e. The first-order chi connectivity index (χ1) is 9.47. The number of carbonyl (C=O) groups is 1. The van der Waals surface area contributed by atoms with Gasteiger partial charge < -0.3 is 10.4 Å². The molecule has 0 aliphatic rings. The fourth-order valence-corrected chi connectivity index (χ4v) is 2.12. The first-order valence-electron chi connectivity index (χ1n) is 5.68. The second-order valence-corrected chi connectivity index (χ2v) is 5.02. The highest BCUT2D eigenvalue weighted by Gasteiger charge is 2.10. The maximum absolute atomic E-state index is 13.6. The molecule has 2 rings (SSSR count). The molecule has 2 aromatic carbocycles. The summed E-state index contributed by atoms with van der Waals surface area (Å²) < 4.78 is 27.5. The minimum atomic E-state index is -1.05. The van der Waals surface area contributed by atoms with Gasteiger partial charge in [0.15, 0.2) is 0 Å². The second-order valence-electron chi connectivity index (χ2n) is 4.10. The van der Waals surface area contributed by atoms with Crippen LogP contribution in [0.15, 0.2) is 40.9 Å². The van der Waals surface area contributed by atoms with Gasteiger partial charge in [-0.3, -0.25) is 0 Å². The molecule has 2 aromatic rings. The summed E-state index contributed by atoms with van der Waals surface area (Å²) in [6.45, 7) is 0.122. The van der Waals surface area contributed by atoms with Crippen molar-refractivity contribution in [3.8, 4) is 0 Å². The summed E-state index contributed by atoms with van der Waals surface area (Å²) >= 11 is 3.00. The minimum absolute atomic E-state index is 0.122. The zero-order valence-corrected chi connectivity index (χ0v) is 11.7. The van der Waals surface area contributed by atoms with Crippen LogP contribution in [0.3, 0.4) is 0 Å². The number of benzene rings is 2. The van der Waals surface area contributed by atoms with Gasteiger partial charge in [0.05, 0.1) is 5.56 Å². The van der Waals surface area contributed by atoms with Crippen molar-refractivity contribution < 1.29 is 18.7 Å². The third kappa shape index (κ3) is 3.33. The molecule has 0 fully saturated rings. The van der Waals surface area contributed by atoms with Crippen molar-refractivity contribution >= 4 is 27.6 Å². The molecule has 0 spiro atoms. The first kappa shape index (κ1) is 14.5. The van der Waals surface area contributed by atoms with Crippen LogP contribution >= 0.6 is 15.9 Å². The van der Waals surface area contributed by atoms with Gasteiger partial charge in [-0.15, -0.1) is 0 Å². The smallest absolute Gasteiger partial charge is 0.335 e. The van der Waals surface area contributed by atoms with Crippen LogP contribution in [0.5, 0.6) is 0 Å². The lowest BCUT2D eigenvalue weighted by atomic mass is 10.1. The minimum Gasteiger partial charge on any atom is -0.478 e. The summed E-state index contributed by atoms with van der Waals surface area (Å²) in [6.07, 6.45) is 0. The zero-order valence-electron chi connectivity index (χ0n) is 10.2. The Morgan fingerprint density at radius 2 is 1.85 bits per heavy atom. The molecule has 0 aliphatic heterocycles. The van der Waals surface area contributed by atoms with Crippen molar-refractivity contribution in [2.75, 3.05) is 5.32 Å². The molecule has 104 valence electrons. The lowest BCUT2D eigenvalue weighted by Gasteiger charge is -2.09. The molecule has 0 bridgehead atoms. The Morgan fingerprint density at radius 1 is 1.20 bits per heavy atom. The van der Waals surface area contributed by atoms with Gasteiger partial charge in [0.2, 0.25) is 0 Å². The van der Waals surface area contributed by atoms with E-state index >= 15 is 0 Å². The van der Waals surface area contributed by atoms with E-state index in [0.29, 0.717) is 10.0 Å². The van der Waals surface area contributed by atoms with E-state index in [1.807, 2.05) is 0 Å². The molecule has 3 nitrogen and oxygen atoms in total. The Morgan fingerprint density at radius 3 is 2.45 bits per heavy atom. The van der Waals surface area contributed by atoms with Gasteiger partial charge in [0.1, 0.15) is 17.3 Å². The topological polar surface area (TPSA) is 49.3 Å². The molecular weight excluding hydrogens is 332 g/mol. The Labute approximate surface area is 122 Å². The average Bonchev–Trinajstić information content (AvgIpc) is 2.37. The number of hydrogen-bond acceptors (Lipinski definition) is 2. The highest BCUT2D eigenvalue weighted by Crippen LogP contribution is 2.24. The van der Waals surface area contributed by atoms with E-state index in [9.17, 15) is 13.6 Å².